The monoisotopic (exact) mass is 431 g/mol. The van der Waals surface area contributed by atoms with Crippen LogP contribution in [-0.4, -0.2) is 17.8 Å². The summed E-state index contributed by atoms with van der Waals surface area (Å²) < 4.78 is 3.08. The number of nitrogens with one attached hydrogen (secondary N) is 2. The molecule has 3 aromatic rings. The molecule has 0 saturated carbocycles. The normalized spacial score (nSPS) is 11.0. The average Bonchev–Trinajstić information content (AvgIpc) is 2.94. The Labute approximate surface area is 165 Å². The maximum atomic E-state index is 11.9. The van der Waals surface area contributed by atoms with E-state index < -0.39 is 0 Å². The van der Waals surface area contributed by atoms with Gasteiger partial charge >= 0.3 is 0 Å². The first-order valence-electron chi connectivity index (χ1n) is 8.57. The number of benzene rings is 1. The molecular formula is C20H22BrN3OS. The minimum atomic E-state index is 0.0525. The highest BCUT2D eigenvalue weighted by Crippen LogP contribution is 2.33. The molecule has 6 heteroatoms. The van der Waals surface area contributed by atoms with Crippen LogP contribution in [0.2, 0.25) is 0 Å². The lowest BCUT2D eigenvalue weighted by Gasteiger charge is -2.13. The molecule has 0 saturated heterocycles. The van der Waals surface area contributed by atoms with E-state index in [0.29, 0.717) is 0 Å². The number of hydrogen-bond acceptors (Lipinski definition) is 4. The Morgan fingerprint density at radius 3 is 2.85 bits per heavy atom. The van der Waals surface area contributed by atoms with Crippen molar-refractivity contribution in [2.45, 2.75) is 19.9 Å². The van der Waals surface area contributed by atoms with Crippen molar-refractivity contribution in [1.29, 1.82) is 0 Å². The van der Waals surface area contributed by atoms with Gasteiger partial charge in [-0.1, -0.05) is 24.8 Å². The first kappa shape index (κ1) is 18.9. The quantitative estimate of drug-likeness (QED) is 0.516. The van der Waals surface area contributed by atoms with Gasteiger partial charge in [-0.25, -0.2) is 0 Å². The SMILES string of the molecule is C=Cc1sc(CNCCCNn2ccc(=O)c3ccccc32)c(C)c1Br. The van der Waals surface area contributed by atoms with Gasteiger partial charge in [0, 0.05) is 45.0 Å². The van der Waals surface area contributed by atoms with Crippen LogP contribution in [0.3, 0.4) is 0 Å². The van der Waals surface area contributed by atoms with Crippen LogP contribution in [0.1, 0.15) is 21.7 Å². The smallest absolute Gasteiger partial charge is 0.189 e. The summed E-state index contributed by atoms with van der Waals surface area (Å²) >= 11 is 5.39. The van der Waals surface area contributed by atoms with Crippen LogP contribution in [-0.2, 0) is 6.54 Å². The molecule has 0 amide bonds. The van der Waals surface area contributed by atoms with Gasteiger partial charge in [-0.3, -0.25) is 9.47 Å². The Bertz CT molecular complexity index is 977. The standard InChI is InChI=1S/C20H22BrN3OS/c1-3-18-20(21)14(2)19(26-18)13-22-10-6-11-23-24-12-9-17(25)15-7-4-5-8-16(15)24/h3-5,7-9,12,22-23H,1,6,10-11,13H2,2H3. The van der Waals surface area contributed by atoms with E-state index in [-0.39, 0.29) is 5.43 Å². The summed E-state index contributed by atoms with van der Waals surface area (Å²) in [5.41, 5.74) is 5.61. The lowest BCUT2D eigenvalue weighted by molar-refractivity contribution is 0.652. The molecule has 4 nitrogen and oxygen atoms in total. The summed E-state index contributed by atoms with van der Waals surface area (Å²) in [6, 6.07) is 9.25. The highest BCUT2D eigenvalue weighted by atomic mass is 79.9. The third-order valence-electron chi connectivity index (χ3n) is 4.28. The van der Waals surface area contributed by atoms with E-state index in [1.165, 1.54) is 15.3 Å². The lowest BCUT2D eigenvalue weighted by atomic mass is 10.2. The van der Waals surface area contributed by atoms with E-state index in [9.17, 15) is 4.79 Å². The molecule has 0 spiro atoms. The Balaban J connectivity index is 1.49. The molecule has 0 aliphatic rings. The molecule has 2 N–H and O–H groups in total. The number of aromatic nitrogens is 1. The van der Waals surface area contributed by atoms with Crippen LogP contribution in [0, 0.1) is 6.92 Å². The number of nitrogens with zero attached hydrogens (tertiary/aromatic N) is 1. The Hall–Kier alpha value is -1.89. The van der Waals surface area contributed by atoms with Gasteiger partial charge in [-0.15, -0.1) is 11.3 Å². The molecule has 3 rings (SSSR count). The van der Waals surface area contributed by atoms with E-state index >= 15 is 0 Å². The van der Waals surface area contributed by atoms with Crippen molar-refractivity contribution in [2.75, 3.05) is 18.5 Å². The average molecular weight is 432 g/mol. The summed E-state index contributed by atoms with van der Waals surface area (Å²) in [5.74, 6) is 0. The second kappa shape index (κ2) is 8.66. The number of rotatable bonds is 8. The molecule has 0 aliphatic heterocycles. The molecule has 0 fully saturated rings. The molecule has 2 aromatic heterocycles. The van der Waals surface area contributed by atoms with Crippen molar-refractivity contribution < 1.29 is 0 Å². The zero-order valence-electron chi connectivity index (χ0n) is 14.7. The zero-order chi connectivity index (χ0) is 18.5. The van der Waals surface area contributed by atoms with Gasteiger partial charge in [-0.2, -0.15) is 0 Å². The van der Waals surface area contributed by atoms with Crippen LogP contribution in [0.4, 0.5) is 0 Å². The van der Waals surface area contributed by atoms with Gasteiger partial charge in [0.1, 0.15) is 0 Å². The molecule has 2 heterocycles. The fourth-order valence-electron chi connectivity index (χ4n) is 2.82. The second-order valence-corrected chi connectivity index (χ2v) is 7.97. The lowest BCUT2D eigenvalue weighted by Crippen LogP contribution is -2.23. The third kappa shape index (κ3) is 4.09. The zero-order valence-corrected chi connectivity index (χ0v) is 17.1. The third-order valence-corrected chi connectivity index (χ3v) is 6.86. The fourth-order valence-corrected chi connectivity index (χ4v) is 4.61. The summed E-state index contributed by atoms with van der Waals surface area (Å²) in [6.45, 7) is 8.59. The predicted molar refractivity (Wildman–Crippen MR) is 116 cm³/mol. The molecule has 0 bridgehead atoms. The Kier molecular flexibility index (Phi) is 6.29. The van der Waals surface area contributed by atoms with Crippen LogP contribution < -0.4 is 16.2 Å². The maximum absolute atomic E-state index is 11.9. The molecule has 0 aliphatic carbocycles. The predicted octanol–water partition coefficient (Wildman–Crippen LogP) is 4.50. The van der Waals surface area contributed by atoms with Gasteiger partial charge < -0.3 is 10.7 Å². The Morgan fingerprint density at radius 2 is 2.08 bits per heavy atom. The highest BCUT2D eigenvalue weighted by Gasteiger charge is 2.10. The molecule has 1 aromatic carbocycles. The molecular weight excluding hydrogens is 410 g/mol. The van der Waals surface area contributed by atoms with Crippen LogP contribution in [0.5, 0.6) is 0 Å². The number of pyridine rings is 1. The minimum absolute atomic E-state index is 0.0525. The van der Waals surface area contributed by atoms with E-state index in [1.54, 1.807) is 23.6 Å². The number of halogens is 1. The van der Waals surface area contributed by atoms with Crippen molar-refractivity contribution in [2.24, 2.45) is 0 Å². The van der Waals surface area contributed by atoms with E-state index in [1.807, 2.05) is 35.0 Å². The van der Waals surface area contributed by atoms with Crippen molar-refractivity contribution in [3.05, 3.63) is 73.1 Å². The van der Waals surface area contributed by atoms with Crippen LogP contribution in [0.15, 0.2) is 52.4 Å². The van der Waals surface area contributed by atoms with Gasteiger partial charge in [-0.05, 0) is 53.5 Å². The molecule has 136 valence electrons. The van der Waals surface area contributed by atoms with Gasteiger partial charge in [0.25, 0.3) is 0 Å². The van der Waals surface area contributed by atoms with Crippen molar-refractivity contribution >= 4 is 44.2 Å². The molecule has 26 heavy (non-hydrogen) atoms. The van der Waals surface area contributed by atoms with Crippen LogP contribution >= 0.6 is 27.3 Å². The summed E-state index contributed by atoms with van der Waals surface area (Å²) in [7, 11) is 0. The molecule has 0 radical (unpaired) electrons. The molecule has 0 atom stereocenters. The topological polar surface area (TPSA) is 46.1 Å². The number of thiophene rings is 1. The van der Waals surface area contributed by atoms with E-state index in [2.05, 4.69) is 40.2 Å². The molecule has 0 unspecified atom stereocenters. The first-order valence-corrected chi connectivity index (χ1v) is 10.2. The van der Waals surface area contributed by atoms with Gasteiger partial charge in [0.2, 0.25) is 0 Å². The maximum Gasteiger partial charge on any atom is 0.189 e. The van der Waals surface area contributed by atoms with Gasteiger partial charge in [0.05, 0.1) is 5.52 Å². The van der Waals surface area contributed by atoms with Crippen LogP contribution in [0.25, 0.3) is 17.0 Å². The number of fused-ring (bicyclic) bond motifs is 1. The van der Waals surface area contributed by atoms with E-state index in [4.69, 9.17) is 0 Å². The van der Waals surface area contributed by atoms with Crippen molar-refractivity contribution in [1.82, 2.24) is 9.99 Å². The number of hydrogen-bond donors (Lipinski definition) is 2. The number of para-hydroxylation sites is 1. The first-order chi connectivity index (χ1) is 12.6. The van der Waals surface area contributed by atoms with Crippen molar-refractivity contribution in [3.8, 4) is 0 Å². The summed E-state index contributed by atoms with van der Waals surface area (Å²) in [6.07, 6.45) is 4.67. The van der Waals surface area contributed by atoms with Crippen molar-refractivity contribution in [3.63, 3.8) is 0 Å². The largest absolute Gasteiger partial charge is 0.326 e. The fraction of sp³-hybridized carbons (Fsp3) is 0.250. The Morgan fingerprint density at radius 1 is 1.27 bits per heavy atom. The van der Waals surface area contributed by atoms with E-state index in [0.717, 1.165) is 41.4 Å². The summed E-state index contributed by atoms with van der Waals surface area (Å²) in [4.78, 5) is 14.4. The second-order valence-electron chi connectivity index (χ2n) is 6.04. The summed E-state index contributed by atoms with van der Waals surface area (Å²) in [5, 5.41) is 4.23. The minimum Gasteiger partial charge on any atom is -0.326 e. The highest BCUT2D eigenvalue weighted by molar-refractivity contribution is 9.10. The van der Waals surface area contributed by atoms with Gasteiger partial charge in [0.15, 0.2) is 5.43 Å².